The Morgan fingerprint density at radius 2 is 1.85 bits per heavy atom. The lowest BCUT2D eigenvalue weighted by Crippen LogP contribution is -2.26. The van der Waals surface area contributed by atoms with E-state index in [-0.39, 0.29) is 17.6 Å². The van der Waals surface area contributed by atoms with Gasteiger partial charge in [0.2, 0.25) is 0 Å². The molecular formula is C19H19N3O4. The van der Waals surface area contributed by atoms with Crippen molar-refractivity contribution in [3.63, 3.8) is 0 Å². The van der Waals surface area contributed by atoms with E-state index in [1.807, 2.05) is 30.3 Å². The lowest BCUT2D eigenvalue weighted by molar-refractivity contribution is 0.0941. The Morgan fingerprint density at radius 1 is 1.08 bits per heavy atom. The first kappa shape index (κ1) is 17.5. The van der Waals surface area contributed by atoms with Crippen LogP contribution >= 0.6 is 0 Å². The van der Waals surface area contributed by atoms with Crippen LogP contribution in [0.15, 0.2) is 53.1 Å². The summed E-state index contributed by atoms with van der Waals surface area (Å²) in [6.07, 6.45) is 0.729. The van der Waals surface area contributed by atoms with Gasteiger partial charge in [-0.2, -0.15) is 4.98 Å². The minimum atomic E-state index is -0.378. The van der Waals surface area contributed by atoms with Gasteiger partial charge in [0.15, 0.2) is 11.5 Å². The smallest absolute Gasteiger partial charge is 0.292 e. The van der Waals surface area contributed by atoms with Gasteiger partial charge in [-0.05, 0) is 30.2 Å². The molecule has 26 heavy (non-hydrogen) atoms. The van der Waals surface area contributed by atoms with Crippen LogP contribution in [0.5, 0.6) is 11.5 Å². The number of nitrogens with one attached hydrogen (secondary N) is 1. The topological polar surface area (TPSA) is 86.5 Å². The van der Waals surface area contributed by atoms with Gasteiger partial charge in [-0.1, -0.05) is 35.5 Å². The van der Waals surface area contributed by atoms with E-state index >= 15 is 0 Å². The second kappa shape index (κ2) is 8.15. The number of ether oxygens (including phenoxy) is 2. The number of hydrogen-bond acceptors (Lipinski definition) is 6. The molecule has 0 radical (unpaired) electrons. The first-order valence-electron chi connectivity index (χ1n) is 8.09. The predicted molar refractivity (Wildman–Crippen MR) is 95.3 cm³/mol. The lowest BCUT2D eigenvalue weighted by Gasteiger charge is -2.07. The molecule has 0 fully saturated rings. The summed E-state index contributed by atoms with van der Waals surface area (Å²) in [6, 6.07) is 15.1. The van der Waals surface area contributed by atoms with Gasteiger partial charge in [0.25, 0.3) is 17.6 Å². The molecule has 3 aromatic rings. The number of carbonyl (C=O) groups excluding carboxylic acids is 1. The van der Waals surface area contributed by atoms with Gasteiger partial charge >= 0.3 is 0 Å². The Hall–Kier alpha value is -3.35. The molecule has 0 aliphatic heterocycles. The van der Waals surface area contributed by atoms with E-state index in [1.54, 1.807) is 32.4 Å². The highest BCUT2D eigenvalue weighted by Gasteiger charge is 2.16. The van der Waals surface area contributed by atoms with Crippen LogP contribution in [0.3, 0.4) is 0 Å². The molecule has 0 bridgehead atoms. The fourth-order valence-corrected chi connectivity index (χ4v) is 2.45. The SMILES string of the molecule is COc1ccc(-c2nc(C(=O)NCCc3ccccc3)no2)cc1OC. The fourth-order valence-electron chi connectivity index (χ4n) is 2.45. The summed E-state index contributed by atoms with van der Waals surface area (Å²) in [5.41, 5.74) is 1.78. The molecular weight excluding hydrogens is 334 g/mol. The molecule has 1 heterocycles. The maximum absolute atomic E-state index is 12.2. The van der Waals surface area contributed by atoms with Crippen LogP contribution < -0.4 is 14.8 Å². The van der Waals surface area contributed by atoms with Crippen molar-refractivity contribution in [2.45, 2.75) is 6.42 Å². The van der Waals surface area contributed by atoms with Gasteiger partial charge in [-0.15, -0.1) is 0 Å². The highest BCUT2D eigenvalue weighted by atomic mass is 16.5. The summed E-state index contributed by atoms with van der Waals surface area (Å²) in [7, 11) is 3.10. The molecule has 7 nitrogen and oxygen atoms in total. The average Bonchev–Trinajstić information content (AvgIpc) is 3.18. The largest absolute Gasteiger partial charge is 0.493 e. The van der Waals surface area contributed by atoms with Gasteiger partial charge in [0, 0.05) is 12.1 Å². The van der Waals surface area contributed by atoms with E-state index in [4.69, 9.17) is 14.0 Å². The minimum absolute atomic E-state index is 0.0113. The zero-order valence-corrected chi connectivity index (χ0v) is 14.6. The summed E-state index contributed by atoms with van der Waals surface area (Å²) in [4.78, 5) is 16.3. The van der Waals surface area contributed by atoms with Crippen LogP contribution in [-0.2, 0) is 6.42 Å². The third-order valence-corrected chi connectivity index (χ3v) is 3.80. The molecule has 0 atom stereocenters. The number of hydrogen-bond donors (Lipinski definition) is 1. The molecule has 134 valence electrons. The van der Waals surface area contributed by atoms with Crippen molar-refractivity contribution in [3.05, 3.63) is 59.9 Å². The molecule has 1 amide bonds. The molecule has 0 unspecified atom stereocenters. The second-order valence-corrected chi connectivity index (χ2v) is 5.48. The molecule has 3 rings (SSSR count). The van der Waals surface area contributed by atoms with Crippen LogP contribution in [-0.4, -0.2) is 36.8 Å². The molecule has 0 spiro atoms. The number of amides is 1. The Bertz CT molecular complexity index is 878. The molecule has 1 N–H and O–H groups in total. The van der Waals surface area contributed by atoms with Crippen LogP contribution in [0.2, 0.25) is 0 Å². The Kier molecular flexibility index (Phi) is 5.48. The molecule has 2 aromatic carbocycles. The van der Waals surface area contributed by atoms with E-state index < -0.39 is 0 Å². The standard InChI is InChI=1S/C19H19N3O4/c1-24-15-9-8-14(12-16(15)25-2)19-21-17(22-26-19)18(23)20-11-10-13-6-4-3-5-7-13/h3-9,12H,10-11H2,1-2H3,(H,20,23). The third-order valence-electron chi connectivity index (χ3n) is 3.80. The quantitative estimate of drug-likeness (QED) is 0.703. The fraction of sp³-hybridized carbons (Fsp3) is 0.211. The van der Waals surface area contributed by atoms with Crippen molar-refractivity contribution in [1.29, 1.82) is 0 Å². The number of methoxy groups -OCH3 is 2. The number of rotatable bonds is 7. The van der Waals surface area contributed by atoms with Crippen LogP contribution in [0.1, 0.15) is 16.2 Å². The summed E-state index contributed by atoms with van der Waals surface area (Å²) in [6.45, 7) is 0.489. The van der Waals surface area contributed by atoms with Crippen LogP contribution in [0.25, 0.3) is 11.5 Å². The molecule has 1 aromatic heterocycles. The summed E-state index contributed by atoms with van der Waals surface area (Å²) in [5, 5.41) is 6.53. The Labute approximate surface area is 150 Å². The number of benzene rings is 2. The Balaban J connectivity index is 1.64. The van der Waals surface area contributed by atoms with E-state index in [1.165, 1.54) is 0 Å². The van der Waals surface area contributed by atoms with Gasteiger partial charge in [0.05, 0.1) is 14.2 Å². The van der Waals surface area contributed by atoms with Gasteiger partial charge in [0.1, 0.15) is 0 Å². The number of aromatic nitrogens is 2. The van der Waals surface area contributed by atoms with Crippen molar-refractivity contribution in [3.8, 4) is 23.0 Å². The minimum Gasteiger partial charge on any atom is -0.493 e. The summed E-state index contributed by atoms with van der Waals surface area (Å²) in [5.74, 6) is 0.977. The van der Waals surface area contributed by atoms with E-state index in [2.05, 4.69) is 15.5 Å². The average molecular weight is 353 g/mol. The van der Waals surface area contributed by atoms with Crippen LogP contribution in [0, 0.1) is 0 Å². The first-order valence-corrected chi connectivity index (χ1v) is 8.09. The maximum Gasteiger partial charge on any atom is 0.292 e. The third kappa shape index (κ3) is 4.00. The molecule has 0 aliphatic rings. The van der Waals surface area contributed by atoms with Crippen molar-refractivity contribution in [2.75, 3.05) is 20.8 Å². The monoisotopic (exact) mass is 353 g/mol. The van der Waals surface area contributed by atoms with Crippen LogP contribution in [0.4, 0.5) is 0 Å². The summed E-state index contributed by atoms with van der Waals surface area (Å²) < 4.78 is 15.6. The molecule has 0 saturated heterocycles. The molecule has 0 saturated carbocycles. The van der Waals surface area contributed by atoms with E-state index in [9.17, 15) is 4.79 Å². The zero-order valence-electron chi connectivity index (χ0n) is 14.6. The first-order chi connectivity index (χ1) is 12.7. The molecule has 7 heteroatoms. The Morgan fingerprint density at radius 3 is 2.58 bits per heavy atom. The normalized spacial score (nSPS) is 10.4. The highest BCUT2D eigenvalue weighted by molar-refractivity contribution is 5.90. The van der Waals surface area contributed by atoms with Crippen molar-refractivity contribution < 1.29 is 18.8 Å². The zero-order chi connectivity index (χ0) is 18.4. The molecule has 0 aliphatic carbocycles. The van der Waals surface area contributed by atoms with Gasteiger partial charge in [-0.3, -0.25) is 4.79 Å². The van der Waals surface area contributed by atoms with Crippen molar-refractivity contribution in [1.82, 2.24) is 15.5 Å². The maximum atomic E-state index is 12.2. The van der Waals surface area contributed by atoms with Crippen molar-refractivity contribution in [2.24, 2.45) is 0 Å². The van der Waals surface area contributed by atoms with Gasteiger partial charge in [-0.25, -0.2) is 0 Å². The van der Waals surface area contributed by atoms with E-state index in [0.29, 0.717) is 23.6 Å². The second-order valence-electron chi connectivity index (χ2n) is 5.48. The van der Waals surface area contributed by atoms with E-state index in [0.717, 1.165) is 12.0 Å². The lowest BCUT2D eigenvalue weighted by atomic mass is 10.1. The predicted octanol–water partition coefficient (Wildman–Crippen LogP) is 2.73. The van der Waals surface area contributed by atoms with Crippen molar-refractivity contribution >= 4 is 5.91 Å². The van der Waals surface area contributed by atoms with Gasteiger partial charge < -0.3 is 19.3 Å². The number of carbonyl (C=O) groups is 1. The highest BCUT2D eigenvalue weighted by Crippen LogP contribution is 2.31. The number of nitrogens with zero attached hydrogens (tertiary/aromatic N) is 2. The summed E-state index contributed by atoms with van der Waals surface area (Å²) >= 11 is 0.